The number of imidazole rings is 1. The minimum atomic E-state index is -0.313. The molecule has 0 amide bonds. The van der Waals surface area contributed by atoms with Crippen LogP contribution in [0.15, 0.2) is 30.6 Å². The SMILES string of the molecule is Nc1[nH]cnc1Oc1ccc(F)cc1. The summed E-state index contributed by atoms with van der Waals surface area (Å²) in [5.41, 5.74) is 5.50. The van der Waals surface area contributed by atoms with Crippen LogP contribution in [0.3, 0.4) is 0 Å². The molecular formula is C9H8FN3O. The molecule has 2 rings (SSSR count). The molecule has 0 aliphatic heterocycles. The highest BCUT2D eigenvalue weighted by Crippen LogP contribution is 2.23. The first-order valence-corrected chi connectivity index (χ1v) is 3.98. The predicted molar refractivity (Wildman–Crippen MR) is 49.5 cm³/mol. The van der Waals surface area contributed by atoms with E-state index in [-0.39, 0.29) is 11.7 Å². The van der Waals surface area contributed by atoms with E-state index in [2.05, 4.69) is 9.97 Å². The third-order valence-corrected chi connectivity index (χ3v) is 1.66. The fraction of sp³-hybridized carbons (Fsp3) is 0. The molecule has 1 aromatic carbocycles. The minimum absolute atomic E-state index is 0.289. The number of hydrogen-bond acceptors (Lipinski definition) is 3. The fourth-order valence-electron chi connectivity index (χ4n) is 0.987. The van der Waals surface area contributed by atoms with E-state index in [9.17, 15) is 4.39 Å². The number of hydrogen-bond donors (Lipinski definition) is 2. The summed E-state index contributed by atoms with van der Waals surface area (Å²) in [5.74, 6) is 0.809. The van der Waals surface area contributed by atoms with Crippen molar-refractivity contribution >= 4 is 5.82 Å². The Labute approximate surface area is 79.5 Å². The number of ether oxygens (including phenoxy) is 1. The number of benzene rings is 1. The highest BCUT2D eigenvalue weighted by atomic mass is 19.1. The van der Waals surface area contributed by atoms with Gasteiger partial charge in [0, 0.05) is 0 Å². The van der Waals surface area contributed by atoms with E-state index in [1.807, 2.05) is 0 Å². The summed E-state index contributed by atoms with van der Waals surface area (Å²) >= 11 is 0. The number of aromatic nitrogens is 2. The van der Waals surface area contributed by atoms with Crippen LogP contribution in [0.25, 0.3) is 0 Å². The van der Waals surface area contributed by atoms with Gasteiger partial charge in [-0.15, -0.1) is 0 Å². The van der Waals surface area contributed by atoms with Gasteiger partial charge in [-0.25, -0.2) is 9.37 Å². The summed E-state index contributed by atoms with van der Waals surface area (Å²) in [4.78, 5) is 6.50. The smallest absolute Gasteiger partial charge is 0.262 e. The molecule has 72 valence electrons. The van der Waals surface area contributed by atoms with Gasteiger partial charge in [-0.1, -0.05) is 0 Å². The molecule has 0 aliphatic rings. The molecule has 0 saturated carbocycles. The van der Waals surface area contributed by atoms with Crippen LogP contribution in [-0.2, 0) is 0 Å². The summed E-state index contributed by atoms with van der Waals surface area (Å²) in [6.07, 6.45) is 1.42. The average Bonchev–Trinajstić information content (AvgIpc) is 2.56. The number of nitrogens with two attached hydrogens (primary N) is 1. The molecule has 4 nitrogen and oxygen atoms in total. The number of rotatable bonds is 2. The Kier molecular flexibility index (Phi) is 2.06. The van der Waals surface area contributed by atoms with Crippen molar-refractivity contribution in [1.82, 2.24) is 9.97 Å². The lowest BCUT2D eigenvalue weighted by Gasteiger charge is -2.01. The zero-order valence-corrected chi connectivity index (χ0v) is 7.20. The van der Waals surface area contributed by atoms with Gasteiger partial charge in [0.25, 0.3) is 5.88 Å². The second-order valence-corrected chi connectivity index (χ2v) is 2.68. The highest BCUT2D eigenvalue weighted by Gasteiger charge is 2.03. The Morgan fingerprint density at radius 3 is 2.57 bits per heavy atom. The normalized spacial score (nSPS) is 10.1. The first kappa shape index (κ1) is 8.55. The number of nitrogens with one attached hydrogen (secondary N) is 1. The summed E-state index contributed by atoms with van der Waals surface area (Å²) in [5, 5.41) is 0. The number of halogens is 1. The maximum atomic E-state index is 12.5. The van der Waals surface area contributed by atoms with E-state index in [1.165, 1.54) is 30.6 Å². The maximum Gasteiger partial charge on any atom is 0.262 e. The van der Waals surface area contributed by atoms with Gasteiger partial charge >= 0.3 is 0 Å². The fourth-order valence-corrected chi connectivity index (χ4v) is 0.987. The van der Waals surface area contributed by atoms with Gasteiger partial charge in [0.1, 0.15) is 11.6 Å². The number of H-pyrrole nitrogens is 1. The third kappa shape index (κ3) is 1.66. The largest absolute Gasteiger partial charge is 0.436 e. The lowest BCUT2D eigenvalue weighted by atomic mass is 10.3. The molecule has 1 heterocycles. The van der Waals surface area contributed by atoms with Crippen LogP contribution in [0.1, 0.15) is 0 Å². The van der Waals surface area contributed by atoms with E-state index < -0.39 is 0 Å². The summed E-state index contributed by atoms with van der Waals surface area (Å²) in [6, 6.07) is 5.61. The second-order valence-electron chi connectivity index (χ2n) is 2.68. The van der Waals surface area contributed by atoms with Crippen LogP contribution in [-0.4, -0.2) is 9.97 Å². The van der Waals surface area contributed by atoms with Gasteiger partial charge in [0.2, 0.25) is 0 Å². The second kappa shape index (κ2) is 3.37. The maximum absolute atomic E-state index is 12.5. The minimum Gasteiger partial charge on any atom is -0.436 e. The molecule has 0 bridgehead atoms. The quantitative estimate of drug-likeness (QED) is 0.765. The molecule has 0 aliphatic carbocycles. The molecule has 3 N–H and O–H groups in total. The molecule has 2 aromatic rings. The van der Waals surface area contributed by atoms with Gasteiger partial charge in [-0.05, 0) is 24.3 Å². The number of nitrogens with zero attached hydrogens (tertiary/aromatic N) is 1. The number of nitrogen functional groups attached to an aromatic ring is 1. The molecule has 0 radical (unpaired) electrons. The van der Waals surface area contributed by atoms with Crippen molar-refractivity contribution in [2.24, 2.45) is 0 Å². The Morgan fingerprint density at radius 2 is 2.00 bits per heavy atom. The van der Waals surface area contributed by atoms with E-state index in [0.29, 0.717) is 11.6 Å². The summed E-state index contributed by atoms with van der Waals surface area (Å²) in [7, 11) is 0. The number of anilines is 1. The Balaban J connectivity index is 2.19. The van der Waals surface area contributed by atoms with Gasteiger partial charge in [0.15, 0.2) is 5.82 Å². The van der Waals surface area contributed by atoms with Gasteiger partial charge in [-0.2, -0.15) is 0 Å². The van der Waals surface area contributed by atoms with E-state index in [1.54, 1.807) is 0 Å². The topological polar surface area (TPSA) is 63.9 Å². The van der Waals surface area contributed by atoms with Crippen LogP contribution in [0.2, 0.25) is 0 Å². The summed E-state index contributed by atoms with van der Waals surface area (Å²) in [6.45, 7) is 0. The van der Waals surface area contributed by atoms with Crippen molar-refractivity contribution in [3.05, 3.63) is 36.4 Å². The van der Waals surface area contributed by atoms with E-state index in [4.69, 9.17) is 10.5 Å². The first-order chi connectivity index (χ1) is 6.75. The predicted octanol–water partition coefficient (Wildman–Crippen LogP) is 1.92. The Hall–Kier alpha value is -2.04. The van der Waals surface area contributed by atoms with Crippen LogP contribution in [0, 0.1) is 5.82 Å². The van der Waals surface area contributed by atoms with E-state index >= 15 is 0 Å². The van der Waals surface area contributed by atoms with Gasteiger partial charge in [0.05, 0.1) is 6.33 Å². The van der Waals surface area contributed by atoms with Crippen LogP contribution < -0.4 is 10.5 Å². The Morgan fingerprint density at radius 1 is 1.29 bits per heavy atom. The van der Waals surface area contributed by atoms with Crippen LogP contribution in [0.4, 0.5) is 10.2 Å². The molecule has 0 atom stereocenters. The average molecular weight is 193 g/mol. The van der Waals surface area contributed by atoms with Crippen LogP contribution >= 0.6 is 0 Å². The molecule has 0 fully saturated rings. The van der Waals surface area contributed by atoms with Crippen molar-refractivity contribution in [2.45, 2.75) is 0 Å². The van der Waals surface area contributed by atoms with Crippen LogP contribution in [0.5, 0.6) is 11.6 Å². The standard InChI is InChI=1S/C9H8FN3O/c10-6-1-3-7(4-2-6)14-9-8(11)12-5-13-9/h1-5H,11H2,(H,12,13). The zero-order chi connectivity index (χ0) is 9.97. The zero-order valence-electron chi connectivity index (χ0n) is 7.20. The van der Waals surface area contributed by atoms with Crippen molar-refractivity contribution in [2.75, 3.05) is 5.73 Å². The molecule has 0 unspecified atom stereocenters. The monoisotopic (exact) mass is 193 g/mol. The van der Waals surface area contributed by atoms with Crippen molar-refractivity contribution < 1.29 is 9.13 Å². The first-order valence-electron chi connectivity index (χ1n) is 3.98. The summed E-state index contributed by atoms with van der Waals surface area (Å²) < 4.78 is 17.8. The van der Waals surface area contributed by atoms with Crippen molar-refractivity contribution in [3.8, 4) is 11.6 Å². The van der Waals surface area contributed by atoms with Gasteiger partial charge < -0.3 is 15.5 Å². The Bertz CT molecular complexity index is 424. The van der Waals surface area contributed by atoms with Crippen molar-refractivity contribution in [3.63, 3.8) is 0 Å². The molecule has 0 spiro atoms. The van der Waals surface area contributed by atoms with Gasteiger partial charge in [-0.3, -0.25) is 0 Å². The molecule has 0 saturated heterocycles. The number of aromatic amines is 1. The lowest BCUT2D eigenvalue weighted by molar-refractivity contribution is 0.466. The van der Waals surface area contributed by atoms with E-state index in [0.717, 1.165) is 0 Å². The highest BCUT2D eigenvalue weighted by molar-refractivity contribution is 5.42. The lowest BCUT2D eigenvalue weighted by Crippen LogP contribution is -1.90. The molecule has 1 aromatic heterocycles. The van der Waals surface area contributed by atoms with Crippen molar-refractivity contribution in [1.29, 1.82) is 0 Å². The molecular weight excluding hydrogens is 185 g/mol. The molecule has 5 heteroatoms. The third-order valence-electron chi connectivity index (χ3n) is 1.66. The molecule has 14 heavy (non-hydrogen) atoms.